The zero-order valence-electron chi connectivity index (χ0n) is 9.94. The average molecular weight is 231 g/mol. The molecule has 3 heteroatoms. The Kier molecular flexibility index (Phi) is 3.18. The Balaban J connectivity index is 2.03. The number of hydrogen-bond acceptors (Lipinski definition) is 2. The molecule has 0 bridgehead atoms. The van der Waals surface area contributed by atoms with E-state index in [4.69, 9.17) is 0 Å². The maximum absolute atomic E-state index is 11.4. The van der Waals surface area contributed by atoms with Crippen LogP contribution in [0.5, 0.6) is 0 Å². The summed E-state index contributed by atoms with van der Waals surface area (Å²) in [7, 11) is 0. The van der Waals surface area contributed by atoms with Crippen LogP contribution in [-0.4, -0.2) is 16.6 Å². The molecule has 1 aromatic rings. The van der Waals surface area contributed by atoms with Crippen molar-refractivity contribution in [1.82, 2.24) is 5.32 Å². The van der Waals surface area contributed by atoms with Gasteiger partial charge in [-0.3, -0.25) is 0 Å². The monoisotopic (exact) mass is 231 g/mol. The van der Waals surface area contributed by atoms with E-state index in [9.17, 15) is 9.90 Å². The third kappa shape index (κ3) is 2.49. The predicted octanol–water partition coefficient (Wildman–Crippen LogP) is 2.34. The zero-order chi connectivity index (χ0) is 12.3. The van der Waals surface area contributed by atoms with Crippen molar-refractivity contribution < 1.29 is 9.90 Å². The molecule has 3 nitrogen and oxygen atoms in total. The van der Waals surface area contributed by atoms with Crippen molar-refractivity contribution in [3.05, 3.63) is 47.7 Å². The first-order valence-electron chi connectivity index (χ1n) is 5.83. The first-order valence-corrected chi connectivity index (χ1v) is 5.83. The summed E-state index contributed by atoms with van der Waals surface area (Å²) in [4.78, 5) is 11.4. The molecule has 1 unspecified atom stereocenters. The van der Waals surface area contributed by atoms with E-state index in [-0.39, 0.29) is 0 Å². The Labute approximate surface area is 101 Å². The highest BCUT2D eigenvalue weighted by Crippen LogP contribution is 2.27. The lowest BCUT2D eigenvalue weighted by atomic mass is 9.88. The normalized spacial score (nSPS) is 23.0. The Morgan fingerprint density at radius 2 is 2.12 bits per heavy atom. The quantitative estimate of drug-likeness (QED) is 0.836. The van der Waals surface area contributed by atoms with Crippen LogP contribution in [-0.2, 0) is 11.2 Å². The Morgan fingerprint density at radius 1 is 1.41 bits per heavy atom. The van der Waals surface area contributed by atoms with Gasteiger partial charge in [0, 0.05) is 6.42 Å². The molecule has 1 aliphatic rings. The molecule has 90 valence electrons. The number of benzene rings is 1. The number of aryl methyl sites for hydroxylation is 1. The van der Waals surface area contributed by atoms with Crippen molar-refractivity contribution in [2.75, 3.05) is 0 Å². The van der Waals surface area contributed by atoms with Gasteiger partial charge in [0.25, 0.3) is 0 Å². The van der Waals surface area contributed by atoms with Crippen molar-refractivity contribution >= 4 is 5.97 Å². The van der Waals surface area contributed by atoms with Crippen LogP contribution >= 0.6 is 0 Å². The first-order chi connectivity index (χ1) is 8.12. The molecule has 2 N–H and O–H groups in total. The third-order valence-electron chi connectivity index (χ3n) is 3.27. The van der Waals surface area contributed by atoms with Crippen LogP contribution in [0.15, 0.2) is 42.1 Å². The fourth-order valence-electron chi connectivity index (χ4n) is 2.25. The fraction of sp³-hybridized carbons (Fsp3) is 0.357. The largest absolute Gasteiger partial charge is 0.479 e. The van der Waals surface area contributed by atoms with Gasteiger partial charge in [-0.1, -0.05) is 35.9 Å². The van der Waals surface area contributed by atoms with Gasteiger partial charge in [-0.15, -0.1) is 0 Å². The maximum Gasteiger partial charge on any atom is 0.329 e. The maximum atomic E-state index is 11.4. The summed E-state index contributed by atoms with van der Waals surface area (Å²) in [5.41, 5.74) is 1.47. The number of nitrogens with one attached hydrogen (secondary N) is 1. The number of carboxylic acids is 1. The van der Waals surface area contributed by atoms with E-state index in [0.29, 0.717) is 12.8 Å². The molecule has 0 saturated heterocycles. The van der Waals surface area contributed by atoms with Gasteiger partial charge >= 0.3 is 5.97 Å². The molecular weight excluding hydrogens is 214 g/mol. The zero-order valence-corrected chi connectivity index (χ0v) is 9.94. The highest BCUT2D eigenvalue weighted by atomic mass is 16.4. The van der Waals surface area contributed by atoms with Crippen LogP contribution in [0.3, 0.4) is 0 Å². The summed E-state index contributed by atoms with van der Waals surface area (Å²) in [6.45, 7) is 1.96. The van der Waals surface area contributed by atoms with Crippen molar-refractivity contribution in [2.45, 2.75) is 31.7 Å². The minimum absolute atomic E-state index is 0.592. The average Bonchev–Trinajstić information content (AvgIpc) is 2.71. The Bertz CT molecular complexity index is 439. The van der Waals surface area contributed by atoms with Crippen molar-refractivity contribution in [3.8, 4) is 0 Å². The second-order valence-corrected chi connectivity index (χ2v) is 4.68. The van der Waals surface area contributed by atoms with Crippen molar-refractivity contribution in [2.24, 2.45) is 0 Å². The number of hydrogen-bond donors (Lipinski definition) is 2. The van der Waals surface area contributed by atoms with E-state index in [0.717, 1.165) is 12.0 Å². The van der Waals surface area contributed by atoms with Crippen LogP contribution in [0.4, 0.5) is 0 Å². The predicted molar refractivity (Wildman–Crippen MR) is 66.6 cm³/mol. The third-order valence-corrected chi connectivity index (χ3v) is 3.27. The second kappa shape index (κ2) is 4.62. The summed E-state index contributed by atoms with van der Waals surface area (Å²) in [6, 6.07) is 9.99. The van der Waals surface area contributed by atoms with Gasteiger partial charge in [-0.25, -0.2) is 4.79 Å². The topological polar surface area (TPSA) is 49.3 Å². The highest BCUT2D eigenvalue weighted by molar-refractivity contribution is 5.80. The van der Waals surface area contributed by atoms with Gasteiger partial charge in [-0.05, 0) is 31.5 Å². The van der Waals surface area contributed by atoms with Crippen molar-refractivity contribution in [3.63, 3.8) is 0 Å². The van der Waals surface area contributed by atoms with E-state index >= 15 is 0 Å². The van der Waals surface area contributed by atoms with Crippen LogP contribution in [0.1, 0.15) is 25.3 Å². The number of carbonyl (C=O) groups is 1. The van der Waals surface area contributed by atoms with E-state index in [1.807, 2.05) is 43.5 Å². The number of aliphatic carboxylic acids is 1. The molecule has 0 spiro atoms. The second-order valence-electron chi connectivity index (χ2n) is 4.68. The van der Waals surface area contributed by atoms with Crippen molar-refractivity contribution in [1.29, 1.82) is 0 Å². The molecule has 0 amide bonds. The molecular formula is C14H17NO2. The summed E-state index contributed by atoms with van der Waals surface area (Å²) >= 11 is 0. The molecule has 17 heavy (non-hydrogen) atoms. The van der Waals surface area contributed by atoms with E-state index in [1.165, 1.54) is 5.56 Å². The van der Waals surface area contributed by atoms with Gasteiger partial charge in [0.1, 0.15) is 5.54 Å². The summed E-state index contributed by atoms with van der Waals surface area (Å²) < 4.78 is 0. The highest BCUT2D eigenvalue weighted by Gasteiger charge is 2.40. The standard InChI is InChI=1S/C14H17NO2/c1-11-9-14(13(16)17,15-10-11)8-7-12-5-3-2-4-6-12/h2-6,10,15H,7-9H2,1H3,(H,16,17). The minimum Gasteiger partial charge on any atom is -0.479 e. The Hall–Kier alpha value is -1.77. The van der Waals surface area contributed by atoms with Crippen LogP contribution < -0.4 is 5.32 Å². The SMILES string of the molecule is CC1=CNC(CCc2ccccc2)(C(=O)O)C1. The number of carboxylic acid groups (broad SMARTS) is 1. The lowest BCUT2D eigenvalue weighted by Gasteiger charge is -2.25. The summed E-state index contributed by atoms with van der Waals surface area (Å²) in [5, 5.41) is 12.4. The van der Waals surface area contributed by atoms with Crippen LogP contribution in [0.2, 0.25) is 0 Å². The molecule has 0 fully saturated rings. The molecule has 1 heterocycles. The molecule has 0 saturated carbocycles. The number of rotatable bonds is 4. The van der Waals surface area contributed by atoms with Gasteiger partial charge in [0.15, 0.2) is 0 Å². The van der Waals surface area contributed by atoms with Gasteiger partial charge in [0.05, 0.1) is 0 Å². The lowest BCUT2D eigenvalue weighted by molar-refractivity contribution is -0.144. The van der Waals surface area contributed by atoms with Crippen LogP contribution in [0.25, 0.3) is 0 Å². The summed E-state index contributed by atoms with van der Waals surface area (Å²) in [6.07, 6.45) is 3.80. The Morgan fingerprint density at radius 3 is 2.65 bits per heavy atom. The van der Waals surface area contributed by atoms with Gasteiger partial charge in [-0.2, -0.15) is 0 Å². The summed E-state index contributed by atoms with van der Waals surface area (Å²) in [5.74, 6) is -0.762. The van der Waals surface area contributed by atoms with E-state index in [1.54, 1.807) is 0 Å². The molecule has 1 atom stereocenters. The minimum atomic E-state index is -0.806. The molecule has 0 radical (unpaired) electrons. The van der Waals surface area contributed by atoms with Gasteiger partial charge < -0.3 is 10.4 Å². The molecule has 1 aliphatic heterocycles. The molecule has 1 aromatic carbocycles. The fourth-order valence-corrected chi connectivity index (χ4v) is 2.25. The first kappa shape index (κ1) is 11.7. The van der Waals surface area contributed by atoms with E-state index in [2.05, 4.69) is 5.32 Å². The molecule has 0 aliphatic carbocycles. The molecule has 0 aromatic heterocycles. The molecule has 2 rings (SSSR count). The lowest BCUT2D eigenvalue weighted by Crippen LogP contribution is -2.47. The van der Waals surface area contributed by atoms with E-state index < -0.39 is 11.5 Å². The van der Waals surface area contributed by atoms with Crippen LogP contribution in [0, 0.1) is 0 Å². The van der Waals surface area contributed by atoms with Gasteiger partial charge in [0.2, 0.25) is 0 Å². The smallest absolute Gasteiger partial charge is 0.329 e.